The average molecular weight is 279 g/mol. The van der Waals surface area contributed by atoms with E-state index >= 15 is 0 Å². The maximum absolute atomic E-state index is 13.3. The number of hydrogen-bond acceptors (Lipinski definition) is 3. The third kappa shape index (κ3) is 3.55. The Morgan fingerprint density at radius 3 is 2.80 bits per heavy atom. The van der Waals surface area contributed by atoms with Crippen molar-refractivity contribution >= 4 is 10.9 Å². The molecule has 20 heavy (non-hydrogen) atoms. The standard InChI is InChI=1S/C15H22FN3O/c1-4-14-13-11-12(16)5-6-15(13)19(17-14)8-10-20-9-7-18(2)3/h5-6,11H,4,7-10H2,1-3H3. The summed E-state index contributed by atoms with van der Waals surface area (Å²) in [6.45, 7) is 4.96. The number of rotatable bonds is 7. The Labute approximate surface area is 119 Å². The molecule has 0 N–H and O–H groups in total. The van der Waals surface area contributed by atoms with E-state index in [1.54, 1.807) is 12.1 Å². The number of aromatic nitrogens is 2. The van der Waals surface area contributed by atoms with Crippen LogP contribution in [0.25, 0.3) is 10.9 Å². The van der Waals surface area contributed by atoms with Crippen molar-refractivity contribution in [3.05, 3.63) is 29.7 Å². The largest absolute Gasteiger partial charge is 0.378 e. The minimum Gasteiger partial charge on any atom is -0.378 e. The molecule has 0 bridgehead atoms. The number of halogens is 1. The van der Waals surface area contributed by atoms with Gasteiger partial charge < -0.3 is 9.64 Å². The highest BCUT2D eigenvalue weighted by atomic mass is 19.1. The molecule has 2 rings (SSSR count). The van der Waals surface area contributed by atoms with Gasteiger partial charge in [-0.25, -0.2) is 4.39 Å². The van der Waals surface area contributed by atoms with Gasteiger partial charge in [0.05, 0.1) is 31.0 Å². The number of nitrogens with zero attached hydrogens (tertiary/aromatic N) is 3. The summed E-state index contributed by atoms with van der Waals surface area (Å²) in [5, 5.41) is 5.44. The highest BCUT2D eigenvalue weighted by Crippen LogP contribution is 2.20. The van der Waals surface area contributed by atoms with E-state index in [1.807, 2.05) is 25.7 Å². The molecule has 0 aliphatic carbocycles. The zero-order valence-corrected chi connectivity index (χ0v) is 12.4. The maximum Gasteiger partial charge on any atom is 0.124 e. The minimum atomic E-state index is -0.214. The molecule has 4 nitrogen and oxygen atoms in total. The summed E-state index contributed by atoms with van der Waals surface area (Å²) in [4.78, 5) is 2.08. The number of likely N-dealkylation sites (N-methyl/N-ethyl adjacent to an activating group) is 1. The minimum absolute atomic E-state index is 0.214. The van der Waals surface area contributed by atoms with Gasteiger partial charge in [-0.15, -0.1) is 0 Å². The van der Waals surface area contributed by atoms with Crippen molar-refractivity contribution in [2.75, 3.05) is 33.9 Å². The van der Waals surface area contributed by atoms with Crippen molar-refractivity contribution in [3.63, 3.8) is 0 Å². The molecule has 0 amide bonds. The fourth-order valence-electron chi connectivity index (χ4n) is 2.15. The van der Waals surface area contributed by atoms with Gasteiger partial charge in [-0.1, -0.05) is 6.92 Å². The fraction of sp³-hybridized carbons (Fsp3) is 0.533. The van der Waals surface area contributed by atoms with Crippen LogP contribution in [0.1, 0.15) is 12.6 Å². The first-order valence-electron chi connectivity index (χ1n) is 6.99. The van der Waals surface area contributed by atoms with Crippen molar-refractivity contribution in [1.29, 1.82) is 0 Å². The topological polar surface area (TPSA) is 30.3 Å². The van der Waals surface area contributed by atoms with E-state index in [9.17, 15) is 4.39 Å². The Bertz CT molecular complexity index is 565. The van der Waals surface area contributed by atoms with Crippen molar-refractivity contribution in [2.45, 2.75) is 19.9 Å². The van der Waals surface area contributed by atoms with Gasteiger partial charge in [0.2, 0.25) is 0 Å². The summed E-state index contributed by atoms with van der Waals surface area (Å²) in [5.74, 6) is -0.214. The molecule has 110 valence electrons. The fourth-order valence-corrected chi connectivity index (χ4v) is 2.15. The lowest BCUT2D eigenvalue weighted by Crippen LogP contribution is -2.19. The summed E-state index contributed by atoms with van der Waals surface area (Å²) < 4.78 is 20.8. The molecule has 0 spiro atoms. The third-order valence-corrected chi connectivity index (χ3v) is 3.25. The number of fused-ring (bicyclic) bond motifs is 1. The van der Waals surface area contributed by atoms with Crippen molar-refractivity contribution in [2.24, 2.45) is 0 Å². The van der Waals surface area contributed by atoms with Gasteiger partial charge in [0.1, 0.15) is 5.82 Å². The van der Waals surface area contributed by atoms with Gasteiger partial charge in [-0.3, -0.25) is 4.68 Å². The van der Waals surface area contributed by atoms with Crippen LogP contribution in [0.3, 0.4) is 0 Å². The van der Waals surface area contributed by atoms with Crippen LogP contribution < -0.4 is 0 Å². The molecule has 0 atom stereocenters. The number of hydrogen-bond donors (Lipinski definition) is 0. The molecular formula is C15H22FN3O. The van der Waals surface area contributed by atoms with E-state index in [2.05, 4.69) is 10.00 Å². The smallest absolute Gasteiger partial charge is 0.124 e. The second-order valence-electron chi connectivity index (χ2n) is 5.10. The van der Waals surface area contributed by atoms with Crippen LogP contribution in [0.5, 0.6) is 0 Å². The van der Waals surface area contributed by atoms with Crippen molar-refractivity contribution in [3.8, 4) is 0 Å². The Kier molecular flexibility index (Phi) is 5.09. The number of aryl methyl sites for hydroxylation is 1. The quantitative estimate of drug-likeness (QED) is 0.729. The van der Waals surface area contributed by atoms with E-state index in [0.29, 0.717) is 19.8 Å². The van der Waals surface area contributed by atoms with Gasteiger partial charge in [0.25, 0.3) is 0 Å². The van der Waals surface area contributed by atoms with Crippen LogP contribution >= 0.6 is 0 Å². The first kappa shape index (κ1) is 14.9. The monoisotopic (exact) mass is 279 g/mol. The Balaban J connectivity index is 2.03. The number of benzene rings is 1. The van der Waals surface area contributed by atoms with Crippen LogP contribution in [0.4, 0.5) is 4.39 Å². The van der Waals surface area contributed by atoms with Gasteiger partial charge in [-0.05, 0) is 38.7 Å². The molecule has 0 radical (unpaired) electrons. The van der Waals surface area contributed by atoms with Gasteiger partial charge in [-0.2, -0.15) is 5.10 Å². The lowest BCUT2D eigenvalue weighted by atomic mass is 10.2. The van der Waals surface area contributed by atoms with Gasteiger partial charge in [0, 0.05) is 11.9 Å². The molecule has 2 aromatic rings. The molecule has 0 fully saturated rings. The van der Waals surface area contributed by atoms with Crippen LogP contribution in [-0.2, 0) is 17.7 Å². The second kappa shape index (κ2) is 6.81. The lowest BCUT2D eigenvalue weighted by molar-refractivity contribution is 0.109. The molecule has 1 aromatic carbocycles. The van der Waals surface area contributed by atoms with Crippen LogP contribution in [-0.4, -0.2) is 48.5 Å². The first-order valence-corrected chi connectivity index (χ1v) is 6.99. The van der Waals surface area contributed by atoms with Crippen LogP contribution in [0.15, 0.2) is 18.2 Å². The van der Waals surface area contributed by atoms with E-state index in [0.717, 1.165) is 29.6 Å². The predicted octanol–water partition coefficient (Wildman–Crippen LogP) is 2.32. The van der Waals surface area contributed by atoms with Crippen LogP contribution in [0, 0.1) is 5.82 Å². The summed E-state index contributed by atoms with van der Waals surface area (Å²) in [7, 11) is 4.04. The van der Waals surface area contributed by atoms with E-state index < -0.39 is 0 Å². The van der Waals surface area contributed by atoms with E-state index in [-0.39, 0.29) is 5.82 Å². The SMILES string of the molecule is CCc1nn(CCOCCN(C)C)c2ccc(F)cc12. The molecule has 0 aliphatic rings. The Morgan fingerprint density at radius 1 is 1.30 bits per heavy atom. The first-order chi connectivity index (χ1) is 9.61. The highest BCUT2D eigenvalue weighted by Gasteiger charge is 2.09. The molecule has 1 aromatic heterocycles. The summed E-state index contributed by atoms with van der Waals surface area (Å²) in [5.41, 5.74) is 1.91. The molecule has 5 heteroatoms. The van der Waals surface area contributed by atoms with Gasteiger partial charge in [0.15, 0.2) is 0 Å². The maximum atomic E-state index is 13.3. The molecule has 1 heterocycles. The predicted molar refractivity (Wildman–Crippen MR) is 78.4 cm³/mol. The molecule has 0 saturated heterocycles. The van der Waals surface area contributed by atoms with E-state index in [4.69, 9.17) is 4.74 Å². The highest BCUT2D eigenvalue weighted by molar-refractivity contribution is 5.82. The molecule has 0 unspecified atom stereocenters. The Morgan fingerprint density at radius 2 is 2.10 bits per heavy atom. The normalized spacial score (nSPS) is 11.7. The van der Waals surface area contributed by atoms with Gasteiger partial charge >= 0.3 is 0 Å². The summed E-state index contributed by atoms with van der Waals surface area (Å²) >= 11 is 0. The zero-order chi connectivity index (χ0) is 14.5. The Hall–Kier alpha value is -1.46. The third-order valence-electron chi connectivity index (χ3n) is 3.25. The lowest BCUT2D eigenvalue weighted by Gasteiger charge is -2.10. The zero-order valence-electron chi connectivity index (χ0n) is 12.4. The summed E-state index contributed by atoms with van der Waals surface area (Å²) in [6.07, 6.45) is 0.800. The number of ether oxygens (including phenoxy) is 1. The summed E-state index contributed by atoms with van der Waals surface area (Å²) in [6, 6.07) is 4.83. The van der Waals surface area contributed by atoms with E-state index in [1.165, 1.54) is 6.07 Å². The van der Waals surface area contributed by atoms with Crippen LogP contribution in [0.2, 0.25) is 0 Å². The molecule has 0 aliphatic heterocycles. The van der Waals surface area contributed by atoms with Crippen molar-refractivity contribution in [1.82, 2.24) is 14.7 Å². The molecular weight excluding hydrogens is 257 g/mol. The average Bonchev–Trinajstić information content (AvgIpc) is 2.75. The second-order valence-corrected chi connectivity index (χ2v) is 5.10. The van der Waals surface area contributed by atoms with Crippen molar-refractivity contribution < 1.29 is 9.13 Å². The molecule has 0 saturated carbocycles.